The van der Waals surface area contributed by atoms with Crippen molar-refractivity contribution in [2.45, 2.75) is 18.6 Å². The van der Waals surface area contributed by atoms with E-state index in [1.54, 1.807) is 0 Å². The molecule has 4 nitrogen and oxygen atoms in total. The number of nitrogens with two attached hydrogens (primary N) is 3. The van der Waals surface area contributed by atoms with Crippen molar-refractivity contribution in [1.82, 2.24) is 0 Å². The van der Waals surface area contributed by atoms with Crippen LogP contribution in [-0.4, -0.2) is 12.4 Å². The lowest BCUT2D eigenvalue weighted by Crippen LogP contribution is -2.57. The van der Waals surface area contributed by atoms with Gasteiger partial charge in [-0.3, -0.25) is 0 Å². The van der Waals surface area contributed by atoms with Crippen LogP contribution in [0.15, 0.2) is 0 Å². The first-order valence-corrected chi connectivity index (χ1v) is 2.51. The minimum absolute atomic E-state index is 0.159. The van der Waals surface area contributed by atoms with Gasteiger partial charge in [0.15, 0.2) is 0 Å². The molecule has 0 atom stereocenters. The largest absolute Gasteiger partial charge is 0.301 e. The van der Waals surface area contributed by atoms with Crippen LogP contribution in [0.5, 0.6) is 0 Å². The third-order valence-electron chi connectivity index (χ3n) is 0.754. The topological polar surface area (TPSA) is 98.0 Å². The Bertz CT molecular complexity index is 58.8. The second-order valence-corrected chi connectivity index (χ2v) is 1.92. The fraction of sp³-hybridized carbons (Fsp3) is 1.00. The molecule has 0 saturated heterocycles. The first-order valence-electron chi connectivity index (χ1n) is 2.51. The van der Waals surface area contributed by atoms with Crippen molar-refractivity contribution < 1.29 is 5.11 Å². The van der Waals surface area contributed by atoms with Crippen molar-refractivity contribution in [3.8, 4) is 0 Å². The Morgan fingerprint density at radius 3 is 1.88 bits per heavy atom. The molecule has 8 heavy (non-hydrogen) atoms. The van der Waals surface area contributed by atoms with Crippen molar-refractivity contribution in [2.24, 2.45) is 17.2 Å². The molecular formula is C4H12N3O. The van der Waals surface area contributed by atoms with E-state index in [1.807, 2.05) is 0 Å². The second-order valence-electron chi connectivity index (χ2n) is 1.92. The molecule has 0 aromatic heterocycles. The summed E-state index contributed by atoms with van der Waals surface area (Å²) in [6, 6.07) is 0. The fourth-order valence-corrected chi connectivity index (χ4v) is 0.378. The van der Waals surface area contributed by atoms with Crippen LogP contribution in [0.3, 0.4) is 0 Å². The summed E-state index contributed by atoms with van der Waals surface area (Å²) in [4.78, 5) is 0. The zero-order valence-corrected chi connectivity index (χ0v) is 4.76. The number of hydrogen-bond donors (Lipinski definition) is 3. The monoisotopic (exact) mass is 118 g/mol. The molecule has 0 bridgehead atoms. The van der Waals surface area contributed by atoms with Gasteiger partial charge in [-0.2, -0.15) is 0 Å². The lowest BCUT2D eigenvalue weighted by molar-refractivity contribution is 0.177. The van der Waals surface area contributed by atoms with Crippen LogP contribution in [0.1, 0.15) is 12.8 Å². The molecule has 1 radical (unpaired) electrons. The molecule has 0 aliphatic rings. The van der Waals surface area contributed by atoms with Gasteiger partial charge in [-0.05, 0) is 12.8 Å². The Kier molecular flexibility index (Phi) is 2.93. The summed E-state index contributed by atoms with van der Waals surface area (Å²) in [6.07, 6.45) is 0.833. The molecule has 0 heterocycles. The predicted molar refractivity (Wildman–Crippen MR) is 30.1 cm³/mol. The van der Waals surface area contributed by atoms with E-state index < -0.39 is 5.79 Å². The molecule has 0 rings (SSSR count). The first kappa shape index (κ1) is 7.84. The van der Waals surface area contributed by atoms with E-state index in [0.717, 1.165) is 0 Å². The summed E-state index contributed by atoms with van der Waals surface area (Å²) in [5.41, 5.74) is 15.4. The van der Waals surface area contributed by atoms with Gasteiger partial charge in [0.2, 0.25) is 0 Å². The second kappa shape index (κ2) is 2.99. The van der Waals surface area contributed by atoms with Crippen molar-refractivity contribution >= 4 is 0 Å². The molecule has 6 N–H and O–H groups in total. The first-order chi connectivity index (χ1) is 3.56. The van der Waals surface area contributed by atoms with Gasteiger partial charge in [0.25, 0.3) is 0 Å². The van der Waals surface area contributed by atoms with E-state index in [0.29, 0.717) is 12.8 Å². The summed E-state index contributed by atoms with van der Waals surface area (Å²) in [5, 5.41) is 9.81. The summed E-state index contributed by atoms with van der Waals surface area (Å²) < 4.78 is 0. The molecule has 0 aromatic rings. The highest BCUT2D eigenvalue weighted by atomic mass is 16.2. The maximum atomic E-state index is 9.81. The third-order valence-corrected chi connectivity index (χ3v) is 0.754. The van der Waals surface area contributed by atoms with Gasteiger partial charge >= 0.3 is 0 Å². The highest BCUT2D eigenvalue weighted by molar-refractivity contribution is 4.66. The van der Waals surface area contributed by atoms with Crippen molar-refractivity contribution in [2.75, 3.05) is 6.61 Å². The standard InChI is InChI=1S/C4H12N3O/c5-4(6,7)2-1-3-8/h1-3,5-7H2. The predicted octanol–water partition coefficient (Wildman–Crippen LogP) is -1.27. The van der Waals surface area contributed by atoms with Gasteiger partial charge in [0, 0.05) is 0 Å². The van der Waals surface area contributed by atoms with E-state index in [9.17, 15) is 5.11 Å². The van der Waals surface area contributed by atoms with Crippen LogP contribution in [-0.2, 0) is 5.11 Å². The van der Waals surface area contributed by atoms with Gasteiger partial charge in [0.1, 0.15) is 5.79 Å². The average Bonchev–Trinajstić information content (AvgIpc) is 1.59. The lowest BCUT2D eigenvalue weighted by atomic mass is 10.2. The van der Waals surface area contributed by atoms with Gasteiger partial charge in [0.05, 0.1) is 6.61 Å². The van der Waals surface area contributed by atoms with Crippen LogP contribution in [0.2, 0.25) is 0 Å². The Balaban J connectivity index is 3.11. The van der Waals surface area contributed by atoms with E-state index in [1.165, 1.54) is 0 Å². The van der Waals surface area contributed by atoms with E-state index in [4.69, 9.17) is 17.2 Å². The number of rotatable bonds is 3. The summed E-state index contributed by atoms with van der Waals surface area (Å²) >= 11 is 0. The van der Waals surface area contributed by atoms with Crippen molar-refractivity contribution in [3.05, 3.63) is 0 Å². The summed E-state index contributed by atoms with van der Waals surface area (Å²) in [5.74, 6) is -1.15. The number of hydrogen-bond acceptors (Lipinski definition) is 3. The van der Waals surface area contributed by atoms with Crippen LogP contribution in [0.25, 0.3) is 0 Å². The summed E-state index contributed by atoms with van der Waals surface area (Å²) in [6.45, 7) is -0.159. The molecule has 0 amide bonds. The smallest absolute Gasteiger partial charge is 0.115 e. The van der Waals surface area contributed by atoms with Crippen LogP contribution >= 0.6 is 0 Å². The maximum Gasteiger partial charge on any atom is 0.115 e. The van der Waals surface area contributed by atoms with E-state index in [-0.39, 0.29) is 6.61 Å². The zero-order chi connectivity index (χ0) is 6.62. The van der Waals surface area contributed by atoms with Crippen molar-refractivity contribution in [3.63, 3.8) is 0 Å². The quantitative estimate of drug-likeness (QED) is 0.403. The molecule has 0 aromatic carbocycles. The normalized spacial score (nSPS) is 12.0. The molecule has 0 fully saturated rings. The van der Waals surface area contributed by atoms with Crippen LogP contribution < -0.4 is 17.2 Å². The van der Waals surface area contributed by atoms with E-state index >= 15 is 0 Å². The molecule has 49 valence electrons. The summed E-state index contributed by atoms with van der Waals surface area (Å²) in [7, 11) is 0. The molecule has 0 aliphatic heterocycles. The molecule has 4 heteroatoms. The van der Waals surface area contributed by atoms with Crippen LogP contribution in [0.4, 0.5) is 0 Å². The Hall–Kier alpha value is -0.160. The third kappa shape index (κ3) is 5.84. The highest BCUT2D eigenvalue weighted by Crippen LogP contribution is 1.92. The van der Waals surface area contributed by atoms with Crippen LogP contribution in [0, 0.1) is 0 Å². The SMILES string of the molecule is NC(N)(N)CCC[O]. The Morgan fingerprint density at radius 2 is 1.75 bits per heavy atom. The Labute approximate surface area is 48.6 Å². The highest BCUT2D eigenvalue weighted by Gasteiger charge is 2.09. The Morgan fingerprint density at radius 1 is 1.25 bits per heavy atom. The molecule has 0 saturated carbocycles. The minimum atomic E-state index is -1.15. The molecule has 0 spiro atoms. The van der Waals surface area contributed by atoms with Gasteiger partial charge in [-0.25, -0.2) is 5.11 Å². The minimum Gasteiger partial charge on any atom is -0.301 e. The van der Waals surface area contributed by atoms with E-state index in [2.05, 4.69) is 0 Å². The maximum absolute atomic E-state index is 9.81. The van der Waals surface area contributed by atoms with Gasteiger partial charge in [-0.15, -0.1) is 0 Å². The molecular weight excluding hydrogens is 106 g/mol. The zero-order valence-electron chi connectivity index (χ0n) is 4.76. The van der Waals surface area contributed by atoms with Crippen molar-refractivity contribution in [1.29, 1.82) is 0 Å². The molecule has 0 unspecified atom stereocenters. The average molecular weight is 118 g/mol. The molecule has 0 aliphatic carbocycles. The van der Waals surface area contributed by atoms with Gasteiger partial charge in [-0.1, -0.05) is 0 Å². The lowest BCUT2D eigenvalue weighted by Gasteiger charge is -2.16. The van der Waals surface area contributed by atoms with Gasteiger partial charge < -0.3 is 17.2 Å². The fourth-order valence-electron chi connectivity index (χ4n) is 0.378.